The molecule has 8 nitrogen and oxygen atoms in total. The Bertz CT molecular complexity index is 1290. The molecule has 4 aromatic carbocycles. The number of benzene rings is 4. The molecule has 0 heterocycles. The number of aliphatic hydroxyl groups excluding tert-OH is 2. The molecule has 2 unspecified atom stereocenters. The molecular formula is C27H28O8S2. The van der Waals surface area contributed by atoms with E-state index in [0.29, 0.717) is 6.42 Å². The van der Waals surface area contributed by atoms with Crippen LogP contribution in [0.25, 0.3) is 0 Å². The molecule has 0 aliphatic carbocycles. The zero-order valence-electron chi connectivity index (χ0n) is 19.6. The Balaban J connectivity index is 0.000000208. The van der Waals surface area contributed by atoms with Crippen LogP contribution in [0.15, 0.2) is 131 Å². The van der Waals surface area contributed by atoms with Gasteiger partial charge in [-0.05, 0) is 35.4 Å². The Morgan fingerprint density at radius 2 is 0.703 bits per heavy atom. The summed E-state index contributed by atoms with van der Waals surface area (Å²) in [6.07, 6.45) is -0.952. The first kappa shape index (κ1) is 29.8. The van der Waals surface area contributed by atoms with Gasteiger partial charge in [0.2, 0.25) is 0 Å². The first-order valence-corrected chi connectivity index (χ1v) is 13.9. The lowest BCUT2D eigenvalue weighted by Crippen LogP contribution is -2.05. The first-order chi connectivity index (χ1) is 17.5. The third-order valence-corrected chi connectivity index (χ3v) is 6.63. The molecular weight excluding hydrogens is 516 g/mol. The third kappa shape index (κ3) is 11.0. The maximum Gasteiger partial charge on any atom is 0.294 e. The molecule has 0 bridgehead atoms. The van der Waals surface area contributed by atoms with E-state index in [2.05, 4.69) is 0 Å². The monoisotopic (exact) mass is 544 g/mol. The maximum absolute atomic E-state index is 10.4. The van der Waals surface area contributed by atoms with Gasteiger partial charge in [0.05, 0.1) is 22.0 Å². The molecule has 0 aromatic heterocycles. The molecule has 37 heavy (non-hydrogen) atoms. The average Bonchev–Trinajstić information content (AvgIpc) is 2.90. The molecule has 2 atom stereocenters. The fourth-order valence-electron chi connectivity index (χ4n) is 3.02. The van der Waals surface area contributed by atoms with Crippen molar-refractivity contribution in [2.24, 2.45) is 0 Å². The van der Waals surface area contributed by atoms with Gasteiger partial charge in [0.25, 0.3) is 20.2 Å². The molecule has 4 rings (SSSR count). The Morgan fingerprint density at radius 1 is 0.459 bits per heavy atom. The molecule has 0 fully saturated rings. The van der Waals surface area contributed by atoms with Crippen LogP contribution in [0.4, 0.5) is 0 Å². The standard InChI is InChI=1S/C15H16O2.2C6H6O3S/c16-14(12-7-3-1-4-8-12)11-15(17)13-9-5-2-6-10-13;2*7-10(8,9)6-4-2-1-3-5-6/h1-10,14-17H,11H2;2*1-5H,(H,7,8,9). The zero-order chi connectivity index (χ0) is 27.3. The molecule has 10 heteroatoms. The lowest BCUT2D eigenvalue weighted by atomic mass is 9.99. The fourth-order valence-corrected chi connectivity index (χ4v) is 4.02. The summed E-state index contributed by atoms with van der Waals surface area (Å²) in [6.45, 7) is 0. The molecule has 4 N–H and O–H groups in total. The summed E-state index contributed by atoms with van der Waals surface area (Å²) in [5, 5.41) is 20.0. The van der Waals surface area contributed by atoms with Gasteiger partial charge in [-0.25, -0.2) is 0 Å². The summed E-state index contributed by atoms with van der Waals surface area (Å²) in [7, 11) is -8.01. The van der Waals surface area contributed by atoms with E-state index in [1.165, 1.54) is 24.3 Å². The molecule has 0 saturated heterocycles. The van der Waals surface area contributed by atoms with Crippen LogP contribution in [0.5, 0.6) is 0 Å². The van der Waals surface area contributed by atoms with Crippen LogP contribution >= 0.6 is 0 Å². The fraction of sp³-hybridized carbons (Fsp3) is 0.111. The van der Waals surface area contributed by atoms with Crippen molar-refractivity contribution in [3.8, 4) is 0 Å². The van der Waals surface area contributed by atoms with E-state index in [1.807, 2.05) is 60.7 Å². The smallest absolute Gasteiger partial charge is 0.294 e. The van der Waals surface area contributed by atoms with Gasteiger partial charge in [-0.1, -0.05) is 97.1 Å². The second-order valence-electron chi connectivity index (χ2n) is 7.66. The molecule has 0 saturated carbocycles. The van der Waals surface area contributed by atoms with E-state index in [1.54, 1.807) is 36.4 Å². The van der Waals surface area contributed by atoms with Gasteiger partial charge < -0.3 is 10.2 Å². The highest BCUT2D eigenvalue weighted by Crippen LogP contribution is 2.25. The quantitative estimate of drug-likeness (QED) is 0.255. The van der Waals surface area contributed by atoms with E-state index in [-0.39, 0.29) is 9.79 Å². The second-order valence-corrected chi connectivity index (χ2v) is 10.5. The minimum Gasteiger partial charge on any atom is -0.388 e. The van der Waals surface area contributed by atoms with Crippen molar-refractivity contribution < 1.29 is 36.2 Å². The molecule has 0 spiro atoms. The van der Waals surface area contributed by atoms with Crippen molar-refractivity contribution >= 4 is 20.2 Å². The minimum absolute atomic E-state index is 0.0741. The van der Waals surface area contributed by atoms with E-state index >= 15 is 0 Å². The van der Waals surface area contributed by atoms with Crippen LogP contribution in [-0.2, 0) is 20.2 Å². The lowest BCUT2D eigenvalue weighted by Gasteiger charge is -2.16. The molecule has 0 amide bonds. The molecule has 0 radical (unpaired) electrons. The molecule has 196 valence electrons. The van der Waals surface area contributed by atoms with Crippen molar-refractivity contribution in [3.63, 3.8) is 0 Å². The average molecular weight is 545 g/mol. The summed E-state index contributed by atoms with van der Waals surface area (Å²) in [6, 6.07) is 33.6. The van der Waals surface area contributed by atoms with Crippen LogP contribution in [0.1, 0.15) is 29.8 Å². The molecule has 0 aliphatic heterocycles. The predicted octanol–water partition coefficient (Wildman–Crippen LogP) is 4.71. The lowest BCUT2D eigenvalue weighted by molar-refractivity contribution is 0.0804. The normalized spacial score (nSPS) is 12.6. The topological polar surface area (TPSA) is 149 Å². The molecule has 4 aromatic rings. The summed E-state index contributed by atoms with van der Waals surface area (Å²) >= 11 is 0. The Morgan fingerprint density at radius 3 is 0.919 bits per heavy atom. The number of rotatable bonds is 6. The van der Waals surface area contributed by atoms with E-state index in [4.69, 9.17) is 9.11 Å². The van der Waals surface area contributed by atoms with Gasteiger partial charge >= 0.3 is 0 Å². The van der Waals surface area contributed by atoms with Crippen LogP contribution in [0.2, 0.25) is 0 Å². The number of hydrogen-bond acceptors (Lipinski definition) is 6. The van der Waals surface area contributed by atoms with Gasteiger partial charge in [0.1, 0.15) is 0 Å². The van der Waals surface area contributed by atoms with Gasteiger partial charge in [-0.2, -0.15) is 16.8 Å². The Labute approximate surface area is 217 Å². The number of hydrogen-bond donors (Lipinski definition) is 4. The maximum atomic E-state index is 10.4. The minimum atomic E-state index is -4.00. The second kappa shape index (κ2) is 14.4. The van der Waals surface area contributed by atoms with E-state index in [0.717, 1.165) is 11.1 Å². The van der Waals surface area contributed by atoms with E-state index < -0.39 is 32.4 Å². The van der Waals surface area contributed by atoms with Crippen LogP contribution in [0, 0.1) is 0 Å². The highest BCUT2D eigenvalue weighted by molar-refractivity contribution is 7.86. The largest absolute Gasteiger partial charge is 0.388 e. The highest BCUT2D eigenvalue weighted by Gasteiger charge is 2.14. The summed E-state index contributed by atoms with van der Waals surface area (Å²) < 4.78 is 58.5. The summed E-state index contributed by atoms with van der Waals surface area (Å²) in [5.41, 5.74) is 1.67. The van der Waals surface area contributed by atoms with E-state index in [9.17, 15) is 27.0 Å². The summed E-state index contributed by atoms with van der Waals surface area (Å²) in [5.74, 6) is 0. The number of aliphatic hydroxyl groups is 2. The van der Waals surface area contributed by atoms with Gasteiger partial charge in [-0.15, -0.1) is 0 Å². The van der Waals surface area contributed by atoms with Gasteiger partial charge in [-0.3, -0.25) is 9.11 Å². The predicted molar refractivity (Wildman–Crippen MR) is 140 cm³/mol. The Kier molecular flexibility index (Phi) is 11.6. The van der Waals surface area contributed by atoms with Crippen LogP contribution < -0.4 is 0 Å². The van der Waals surface area contributed by atoms with Gasteiger partial charge in [0.15, 0.2) is 0 Å². The Hall–Kier alpha value is -3.38. The van der Waals surface area contributed by atoms with Crippen molar-refractivity contribution in [2.45, 2.75) is 28.4 Å². The van der Waals surface area contributed by atoms with Crippen molar-refractivity contribution in [1.29, 1.82) is 0 Å². The molecule has 0 aliphatic rings. The van der Waals surface area contributed by atoms with Crippen molar-refractivity contribution in [3.05, 3.63) is 132 Å². The van der Waals surface area contributed by atoms with Crippen LogP contribution in [0.3, 0.4) is 0 Å². The highest BCUT2D eigenvalue weighted by atomic mass is 32.2. The van der Waals surface area contributed by atoms with Crippen LogP contribution in [-0.4, -0.2) is 36.2 Å². The summed E-state index contributed by atoms with van der Waals surface area (Å²) in [4.78, 5) is -0.148. The first-order valence-electron chi connectivity index (χ1n) is 11.0. The van der Waals surface area contributed by atoms with Crippen molar-refractivity contribution in [1.82, 2.24) is 0 Å². The van der Waals surface area contributed by atoms with Gasteiger partial charge in [0, 0.05) is 6.42 Å². The van der Waals surface area contributed by atoms with Crippen molar-refractivity contribution in [2.75, 3.05) is 0 Å². The SMILES string of the molecule is O=S(=O)(O)c1ccccc1.O=S(=O)(O)c1ccccc1.OC(CC(O)c1ccccc1)c1ccccc1. The third-order valence-electron chi connectivity index (χ3n) is 4.90. The zero-order valence-corrected chi connectivity index (χ0v) is 21.3.